The fourth-order valence-corrected chi connectivity index (χ4v) is 3.35. The molecule has 0 bridgehead atoms. The van der Waals surface area contributed by atoms with Gasteiger partial charge in [0.15, 0.2) is 0 Å². The summed E-state index contributed by atoms with van der Waals surface area (Å²) in [4.78, 5) is 2.34. The number of rotatable bonds is 0. The van der Waals surface area contributed by atoms with Crippen molar-refractivity contribution in [2.45, 2.75) is 19.4 Å². The molecule has 2 unspecified atom stereocenters. The van der Waals surface area contributed by atoms with E-state index in [4.69, 9.17) is 4.74 Å². The van der Waals surface area contributed by atoms with E-state index in [2.05, 4.69) is 45.1 Å². The molecule has 1 aromatic carbocycles. The lowest BCUT2D eigenvalue weighted by Gasteiger charge is -2.48. The van der Waals surface area contributed by atoms with Gasteiger partial charge >= 0.3 is 0 Å². The second kappa shape index (κ2) is 4.25. The van der Waals surface area contributed by atoms with Crippen LogP contribution < -0.4 is 4.90 Å². The minimum absolute atomic E-state index is 0.165. The topological polar surface area (TPSA) is 36.3 Å². The number of benzene rings is 1. The quantitative estimate of drug-likeness (QED) is 0.739. The molecule has 4 heteroatoms. The zero-order chi connectivity index (χ0) is 12.8. The van der Waals surface area contributed by atoms with Gasteiger partial charge in [-0.25, -0.2) is 0 Å². The average molecular weight is 307 g/mol. The molecule has 2 aliphatic heterocycles. The molecule has 1 aromatic rings. The van der Waals surface area contributed by atoms with E-state index >= 15 is 0 Å². The Balaban J connectivity index is 2.12. The van der Waals surface area contributed by atoms with Gasteiger partial charge in [-0.15, -0.1) is 0 Å². The van der Waals surface area contributed by atoms with Gasteiger partial charge in [0, 0.05) is 16.7 Å². The summed E-state index contributed by atoms with van der Waals surface area (Å²) in [7, 11) is 0. The van der Waals surface area contributed by atoms with Crippen molar-refractivity contribution in [2.24, 2.45) is 5.41 Å². The first-order chi connectivity index (χ1) is 8.64. The van der Waals surface area contributed by atoms with E-state index < -0.39 is 0 Å². The lowest BCUT2D eigenvalue weighted by atomic mass is 9.73. The standard InChI is InChI=1S/C14H15BrN2O/c1-14(9-16)7-10-2-3-11(15)6-12(10)17-4-5-18-8-13(14)17/h2-3,6,13H,4-5,7-8H2,1H3. The smallest absolute Gasteiger partial charge is 0.0812 e. The van der Waals surface area contributed by atoms with Gasteiger partial charge in [0.25, 0.3) is 0 Å². The monoisotopic (exact) mass is 306 g/mol. The summed E-state index contributed by atoms with van der Waals surface area (Å²) >= 11 is 3.53. The normalized spacial score (nSPS) is 30.3. The van der Waals surface area contributed by atoms with E-state index in [1.165, 1.54) is 11.3 Å². The molecule has 3 nitrogen and oxygen atoms in total. The molecule has 1 fully saturated rings. The predicted octanol–water partition coefficient (Wildman–Crippen LogP) is 2.74. The van der Waals surface area contributed by atoms with Crippen LogP contribution in [0.3, 0.4) is 0 Å². The van der Waals surface area contributed by atoms with Crippen LogP contribution in [0.25, 0.3) is 0 Å². The molecule has 2 heterocycles. The van der Waals surface area contributed by atoms with Crippen molar-refractivity contribution >= 4 is 21.6 Å². The van der Waals surface area contributed by atoms with Crippen LogP contribution in [0.15, 0.2) is 22.7 Å². The molecule has 0 spiro atoms. The largest absolute Gasteiger partial charge is 0.377 e. The van der Waals surface area contributed by atoms with Crippen LogP contribution in [0.4, 0.5) is 5.69 Å². The van der Waals surface area contributed by atoms with E-state index in [-0.39, 0.29) is 11.5 Å². The first kappa shape index (κ1) is 12.0. The maximum absolute atomic E-state index is 9.53. The minimum atomic E-state index is -0.360. The highest BCUT2D eigenvalue weighted by Gasteiger charge is 2.45. The van der Waals surface area contributed by atoms with Crippen LogP contribution in [-0.2, 0) is 11.2 Å². The number of fused-ring (bicyclic) bond motifs is 3. The molecule has 0 saturated carbocycles. The van der Waals surface area contributed by atoms with Gasteiger partial charge in [0.1, 0.15) is 0 Å². The minimum Gasteiger partial charge on any atom is -0.377 e. The number of ether oxygens (including phenoxy) is 1. The average Bonchev–Trinajstić information content (AvgIpc) is 2.40. The number of nitriles is 1. The maximum atomic E-state index is 9.53. The van der Waals surface area contributed by atoms with Crippen LogP contribution in [-0.4, -0.2) is 25.8 Å². The predicted molar refractivity (Wildman–Crippen MR) is 73.5 cm³/mol. The molecule has 3 rings (SSSR count). The number of anilines is 1. The third-order valence-electron chi connectivity index (χ3n) is 4.03. The fourth-order valence-electron chi connectivity index (χ4n) is 3.00. The summed E-state index contributed by atoms with van der Waals surface area (Å²) in [5.74, 6) is 0. The Hall–Kier alpha value is -1.05. The molecule has 0 aromatic heterocycles. The molecule has 2 aliphatic rings. The Kier molecular flexibility index (Phi) is 2.84. The third kappa shape index (κ3) is 1.73. The van der Waals surface area contributed by atoms with E-state index in [0.717, 1.165) is 24.0 Å². The molecule has 0 N–H and O–H groups in total. The van der Waals surface area contributed by atoms with E-state index in [1.54, 1.807) is 0 Å². The van der Waals surface area contributed by atoms with E-state index in [0.29, 0.717) is 6.61 Å². The number of nitrogens with zero attached hydrogens (tertiary/aromatic N) is 2. The fraction of sp³-hybridized carbons (Fsp3) is 0.500. The van der Waals surface area contributed by atoms with Gasteiger partial charge in [0.2, 0.25) is 0 Å². The highest BCUT2D eigenvalue weighted by molar-refractivity contribution is 9.10. The molecule has 18 heavy (non-hydrogen) atoms. The zero-order valence-electron chi connectivity index (χ0n) is 10.3. The van der Waals surface area contributed by atoms with Gasteiger partial charge in [-0.2, -0.15) is 5.26 Å². The van der Waals surface area contributed by atoms with E-state index in [9.17, 15) is 5.26 Å². The van der Waals surface area contributed by atoms with Crippen LogP contribution in [0.5, 0.6) is 0 Å². The lowest BCUT2D eigenvalue weighted by Crippen LogP contribution is -2.57. The van der Waals surface area contributed by atoms with Crippen LogP contribution in [0.2, 0.25) is 0 Å². The molecule has 94 valence electrons. The number of hydrogen-bond acceptors (Lipinski definition) is 3. The molecule has 1 saturated heterocycles. The molecule has 0 aliphatic carbocycles. The second-order valence-corrected chi connectivity index (χ2v) is 6.18. The van der Waals surface area contributed by atoms with Crippen LogP contribution in [0.1, 0.15) is 12.5 Å². The highest BCUT2D eigenvalue weighted by Crippen LogP contribution is 2.42. The van der Waals surface area contributed by atoms with E-state index in [1.807, 2.05) is 6.92 Å². The Bertz CT molecular complexity index is 525. The Morgan fingerprint density at radius 3 is 3.17 bits per heavy atom. The Morgan fingerprint density at radius 2 is 2.39 bits per heavy atom. The van der Waals surface area contributed by atoms with Crippen molar-refractivity contribution in [1.82, 2.24) is 0 Å². The van der Waals surface area contributed by atoms with Gasteiger partial charge in [-0.05, 0) is 31.0 Å². The number of halogens is 1. The van der Waals surface area contributed by atoms with Gasteiger partial charge in [0.05, 0.1) is 30.7 Å². The molecule has 2 atom stereocenters. The third-order valence-corrected chi connectivity index (χ3v) is 4.53. The first-order valence-electron chi connectivity index (χ1n) is 6.18. The Labute approximate surface area is 115 Å². The van der Waals surface area contributed by atoms with Crippen molar-refractivity contribution in [1.29, 1.82) is 5.26 Å². The molecule has 0 amide bonds. The second-order valence-electron chi connectivity index (χ2n) is 5.26. The highest BCUT2D eigenvalue weighted by atomic mass is 79.9. The molecular weight excluding hydrogens is 292 g/mol. The zero-order valence-corrected chi connectivity index (χ0v) is 11.9. The molecular formula is C14H15BrN2O. The van der Waals surface area contributed by atoms with Gasteiger partial charge in [-0.3, -0.25) is 0 Å². The summed E-state index contributed by atoms with van der Waals surface area (Å²) in [5.41, 5.74) is 2.16. The summed E-state index contributed by atoms with van der Waals surface area (Å²) in [6.07, 6.45) is 0.802. The van der Waals surface area contributed by atoms with Crippen molar-refractivity contribution in [3.63, 3.8) is 0 Å². The van der Waals surface area contributed by atoms with Gasteiger partial charge < -0.3 is 9.64 Å². The van der Waals surface area contributed by atoms with Crippen LogP contribution >= 0.6 is 15.9 Å². The van der Waals surface area contributed by atoms with Crippen molar-refractivity contribution in [3.8, 4) is 6.07 Å². The number of hydrogen-bond donors (Lipinski definition) is 0. The lowest BCUT2D eigenvalue weighted by molar-refractivity contribution is 0.0599. The molecule has 0 radical (unpaired) electrons. The summed E-state index contributed by atoms with van der Waals surface area (Å²) < 4.78 is 6.67. The van der Waals surface area contributed by atoms with Gasteiger partial charge in [-0.1, -0.05) is 22.0 Å². The summed E-state index contributed by atoms with van der Waals surface area (Å²) in [6.45, 7) is 4.30. The van der Waals surface area contributed by atoms with Crippen molar-refractivity contribution in [3.05, 3.63) is 28.2 Å². The van der Waals surface area contributed by atoms with Crippen molar-refractivity contribution < 1.29 is 4.74 Å². The maximum Gasteiger partial charge on any atom is 0.0812 e. The Morgan fingerprint density at radius 1 is 1.56 bits per heavy atom. The van der Waals surface area contributed by atoms with Crippen molar-refractivity contribution in [2.75, 3.05) is 24.7 Å². The SMILES string of the molecule is CC1(C#N)Cc2ccc(Br)cc2N2CCOCC21. The number of morpholine rings is 1. The summed E-state index contributed by atoms with van der Waals surface area (Å²) in [5, 5.41) is 9.53. The summed E-state index contributed by atoms with van der Waals surface area (Å²) in [6, 6.07) is 9.00. The van der Waals surface area contributed by atoms with Crippen LogP contribution in [0, 0.1) is 16.7 Å². The first-order valence-corrected chi connectivity index (χ1v) is 6.97.